The number of rotatable bonds is 5. The van der Waals surface area contributed by atoms with Crippen molar-refractivity contribution in [3.8, 4) is 0 Å². The first-order chi connectivity index (χ1) is 10.0. The summed E-state index contributed by atoms with van der Waals surface area (Å²) in [5, 5.41) is 11.4. The van der Waals surface area contributed by atoms with Crippen LogP contribution in [0.1, 0.15) is 11.1 Å². The van der Waals surface area contributed by atoms with Crippen LogP contribution in [0, 0.1) is 6.92 Å². The second-order valence-electron chi connectivity index (χ2n) is 4.59. The monoisotopic (exact) mass is 350 g/mol. The molecule has 0 radical (unpaired) electrons. The number of urea groups is 1. The summed E-state index contributed by atoms with van der Waals surface area (Å²) in [5.41, 5.74) is 2.55. The van der Waals surface area contributed by atoms with E-state index < -0.39 is 6.03 Å². The Labute approximate surface area is 130 Å². The average Bonchev–Trinajstić information content (AvgIpc) is 2.93. The number of nitrogens with one attached hydrogen (secondary N) is 3. The van der Waals surface area contributed by atoms with E-state index in [0.29, 0.717) is 12.1 Å². The second-order valence-corrected chi connectivity index (χ2v) is 5.45. The van der Waals surface area contributed by atoms with Crippen LogP contribution in [0.2, 0.25) is 0 Å². The van der Waals surface area contributed by atoms with Crippen molar-refractivity contribution in [2.24, 2.45) is 0 Å². The standard InChI is InChI=1S/C14H15BrN4O2/c1-9-4-10(2-3-13(9)15)5-12(20)8-16-14(21)19-11-6-17-18-7-11/h2-4,6-7H,5,8H2,1H3,(H,17,18)(H2,16,19,21). The third kappa shape index (κ3) is 4.71. The summed E-state index contributed by atoms with van der Waals surface area (Å²) in [4.78, 5) is 23.4. The first kappa shape index (κ1) is 15.2. The number of halogens is 1. The van der Waals surface area contributed by atoms with E-state index in [-0.39, 0.29) is 12.3 Å². The van der Waals surface area contributed by atoms with Crippen molar-refractivity contribution in [3.05, 3.63) is 46.2 Å². The van der Waals surface area contributed by atoms with Crippen LogP contribution in [0.15, 0.2) is 35.1 Å². The molecule has 0 aliphatic heterocycles. The number of amides is 2. The van der Waals surface area contributed by atoms with Crippen molar-refractivity contribution in [2.75, 3.05) is 11.9 Å². The van der Waals surface area contributed by atoms with Gasteiger partial charge in [0.1, 0.15) is 0 Å². The molecule has 2 amide bonds. The predicted octanol–water partition coefficient (Wildman–Crippen LogP) is 2.41. The van der Waals surface area contributed by atoms with Gasteiger partial charge in [0.15, 0.2) is 5.78 Å². The summed E-state index contributed by atoms with van der Waals surface area (Å²) in [6.45, 7) is 1.95. The molecule has 0 saturated heterocycles. The Balaban J connectivity index is 1.79. The van der Waals surface area contributed by atoms with Crippen molar-refractivity contribution in [1.82, 2.24) is 15.5 Å². The molecule has 0 aliphatic rings. The number of anilines is 1. The summed E-state index contributed by atoms with van der Waals surface area (Å²) in [6.07, 6.45) is 3.32. The van der Waals surface area contributed by atoms with Gasteiger partial charge in [-0.3, -0.25) is 9.89 Å². The van der Waals surface area contributed by atoms with Gasteiger partial charge in [-0.25, -0.2) is 4.79 Å². The molecule has 110 valence electrons. The molecule has 3 N–H and O–H groups in total. The zero-order valence-electron chi connectivity index (χ0n) is 11.4. The molecule has 0 fully saturated rings. The topological polar surface area (TPSA) is 86.9 Å². The molecule has 0 aliphatic carbocycles. The zero-order valence-corrected chi connectivity index (χ0v) is 13.0. The fourth-order valence-corrected chi connectivity index (χ4v) is 2.03. The molecule has 1 heterocycles. The van der Waals surface area contributed by atoms with Gasteiger partial charge in [0.2, 0.25) is 0 Å². The summed E-state index contributed by atoms with van der Waals surface area (Å²) in [6, 6.07) is 5.32. The molecule has 7 heteroatoms. The number of nitrogens with zero attached hydrogens (tertiary/aromatic N) is 1. The molecule has 1 aromatic carbocycles. The third-order valence-corrected chi connectivity index (χ3v) is 3.72. The van der Waals surface area contributed by atoms with Gasteiger partial charge in [0.25, 0.3) is 0 Å². The Morgan fingerprint density at radius 1 is 1.38 bits per heavy atom. The van der Waals surface area contributed by atoms with Crippen LogP contribution in [0.3, 0.4) is 0 Å². The fraction of sp³-hybridized carbons (Fsp3) is 0.214. The number of ketones is 1. The van der Waals surface area contributed by atoms with Crippen molar-refractivity contribution < 1.29 is 9.59 Å². The SMILES string of the molecule is Cc1cc(CC(=O)CNC(=O)Nc2cn[nH]c2)ccc1Br. The molecule has 21 heavy (non-hydrogen) atoms. The van der Waals surface area contributed by atoms with Crippen molar-refractivity contribution in [3.63, 3.8) is 0 Å². The van der Waals surface area contributed by atoms with Gasteiger partial charge in [-0.15, -0.1) is 0 Å². The Morgan fingerprint density at radius 3 is 2.86 bits per heavy atom. The maximum atomic E-state index is 11.8. The summed E-state index contributed by atoms with van der Waals surface area (Å²) in [7, 11) is 0. The van der Waals surface area contributed by atoms with E-state index in [1.165, 1.54) is 6.20 Å². The summed E-state index contributed by atoms with van der Waals surface area (Å²) < 4.78 is 1.01. The quantitative estimate of drug-likeness (QED) is 0.773. The number of aromatic amines is 1. The molecule has 0 saturated carbocycles. The van der Waals surface area contributed by atoms with Crippen molar-refractivity contribution in [1.29, 1.82) is 0 Å². The van der Waals surface area contributed by atoms with Gasteiger partial charge >= 0.3 is 6.03 Å². The minimum Gasteiger partial charge on any atom is -0.331 e. The number of carbonyl (C=O) groups excluding carboxylic acids is 2. The van der Waals surface area contributed by atoms with Gasteiger partial charge in [-0.05, 0) is 24.1 Å². The molecular formula is C14H15BrN4O2. The van der Waals surface area contributed by atoms with Gasteiger partial charge in [-0.1, -0.05) is 28.1 Å². The van der Waals surface area contributed by atoms with E-state index in [1.54, 1.807) is 6.20 Å². The van der Waals surface area contributed by atoms with Gasteiger partial charge < -0.3 is 10.6 Å². The number of hydrogen-bond acceptors (Lipinski definition) is 3. The summed E-state index contributed by atoms with van der Waals surface area (Å²) in [5.74, 6) is -0.0564. The van der Waals surface area contributed by atoms with Crippen LogP contribution in [0.4, 0.5) is 10.5 Å². The van der Waals surface area contributed by atoms with Gasteiger partial charge in [0.05, 0.1) is 18.4 Å². The highest BCUT2D eigenvalue weighted by atomic mass is 79.9. The van der Waals surface area contributed by atoms with Gasteiger partial charge in [0, 0.05) is 17.1 Å². The van der Waals surface area contributed by atoms with Gasteiger partial charge in [-0.2, -0.15) is 5.10 Å². The lowest BCUT2D eigenvalue weighted by atomic mass is 10.1. The molecule has 2 aromatic rings. The lowest BCUT2D eigenvalue weighted by molar-refractivity contribution is -0.117. The van der Waals surface area contributed by atoms with Crippen LogP contribution in [-0.4, -0.2) is 28.6 Å². The number of hydrogen-bond donors (Lipinski definition) is 3. The van der Waals surface area contributed by atoms with E-state index in [0.717, 1.165) is 15.6 Å². The zero-order chi connectivity index (χ0) is 15.2. The number of benzene rings is 1. The number of H-pyrrole nitrogens is 1. The maximum absolute atomic E-state index is 11.8. The summed E-state index contributed by atoms with van der Waals surface area (Å²) >= 11 is 3.42. The van der Waals surface area contributed by atoms with E-state index in [4.69, 9.17) is 0 Å². The molecule has 1 aromatic heterocycles. The van der Waals surface area contributed by atoms with Crippen LogP contribution in [0.25, 0.3) is 0 Å². The van der Waals surface area contributed by atoms with E-state index in [2.05, 4.69) is 36.8 Å². The highest BCUT2D eigenvalue weighted by Crippen LogP contribution is 2.17. The Hall–Kier alpha value is -2.15. The Bertz CT molecular complexity index is 640. The molecular weight excluding hydrogens is 336 g/mol. The van der Waals surface area contributed by atoms with Crippen molar-refractivity contribution >= 4 is 33.4 Å². The van der Waals surface area contributed by atoms with Crippen molar-refractivity contribution in [2.45, 2.75) is 13.3 Å². The Kier molecular flexibility index (Phi) is 5.10. The highest BCUT2D eigenvalue weighted by molar-refractivity contribution is 9.10. The largest absolute Gasteiger partial charge is 0.331 e. The molecule has 0 spiro atoms. The first-order valence-electron chi connectivity index (χ1n) is 6.35. The smallest absolute Gasteiger partial charge is 0.319 e. The third-order valence-electron chi connectivity index (χ3n) is 2.83. The fourth-order valence-electron chi connectivity index (χ4n) is 1.78. The number of aromatic nitrogens is 2. The number of carbonyl (C=O) groups is 2. The van der Waals surface area contributed by atoms with E-state index in [9.17, 15) is 9.59 Å². The van der Waals surface area contributed by atoms with E-state index in [1.807, 2.05) is 25.1 Å². The van der Waals surface area contributed by atoms with E-state index >= 15 is 0 Å². The van der Waals surface area contributed by atoms with Crippen LogP contribution >= 0.6 is 15.9 Å². The molecule has 0 unspecified atom stereocenters. The minimum atomic E-state index is -0.434. The normalized spacial score (nSPS) is 10.2. The molecule has 2 rings (SSSR count). The molecule has 6 nitrogen and oxygen atoms in total. The minimum absolute atomic E-state index is 0.0151. The molecule has 0 bridgehead atoms. The number of Topliss-reactive ketones (excluding diaryl/α,β-unsaturated/α-hetero) is 1. The van der Waals surface area contributed by atoms with Crippen LogP contribution in [0.5, 0.6) is 0 Å². The Morgan fingerprint density at radius 2 is 2.19 bits per heavy atom. The molecule has 0 atom stereocenters. The lowest BCUT2D eigenvalue weighted by Gasteiger charge is -2.06. The first-order valence-corrected chi connectivity index (χ1v) is 7.14. The number of aryl methyl sites for hydroxylation is 1. The lowest BCUT2D eigenvalue weighted by Crippen LogP contribution is -2.33. The average molecular weight is 351 g/mol. The predicted molar refractivity (Wildman–Crippen MR) is 83.2 cm³/mol. The second kappa shape index (κ2) is 7.03. The van der Waals surface area contributed by atoms with Crippen LogP contribution < -0.4 is 10.6 Å². The highest BCUT2D eigenvalue weighted by Gasteiger charge is 2.08. The maximum Gasteiger partial charge on any atom is 0.319 e. The van der Waals surface area contributed by atoms with Crippen LogP contribution in [-0.2, 0) is 11.2 Å².